The van der Waals surface area contributed by atoms with Crippen molar-refractivity contribution in [3.63, 3.8) is 0 Å². The number of nitrogens with two attached hydrogens (primary N) is 1. The van der Waals surface area contributed by atoms with Gasteiger partial charge in [-0.05, 0) is 38.1 Å². The largest absolute Gasteiger partial charge is 0.388 e. The molecule has 2 N–H and O–H groups in total. The molecule has 20 heavy (non-hydrogen) atoms. The zero-order chi connectivity index (χ0) is 14.5. The van der Waals surface area contributed by atoms with Crippen molar-refractivity contribution in [2.75, 3.05) is 11.4 Å². The van der Waals surface area contributed by atoms with Gasteiger partial charge >= 0.3 is 0 Å². The molecule has 0 aliphatic rings. The summed E-state index contributed by atoms with van der Waals surface area (Å²) in [5.74, 6) is 0. The summed E-state index contributed by atoms with van der Waals surface area (Å²) >= 11 is 4.98. The fourth-order valence-electron chi connectivity index (χ4n) is 2.02. The average Bonchev–Trinajstić information content (AvgIpc) is 2.45. The van der Waals surface area contributed by atoms with Crippen molar-refractivity contribution in [1.29, 1.82) is 0 Å². The third-order valence-electron chi connectivity index (χ3n) is 3.04. The Kier molecular flexibility index (Phi) is 4.63. The number of nitrogens with zero attached hydrogens (tertiary/aromatic N) is 3. The third-order valence-corrected chi connectivity index (χ3v) is 3.25. The van der Waals surface area contributed by atoms with Crippen LogP contribution in [0.3, 0.4) is 0 Å². The van der Waals surface area contributed by atoms with Crippen molar-refractivity contribution in [3.05, 3.63) is 53.6 Å². The molecule has 0 fully saturated rings. The van der Waals surface area contributed by atoms with Crippen molar-refractivity contribution < 1.29 is 0 Å². The van der Waals surface area contributed by atoms with Crippen molar-refractivity contribution in [2.24, 2.45) is 5.73 Å². The maximum Gasteiger partial charge on any atom is 0.122 e. The molecule has 0 atom stereocenters. The SMILES string of the molecule is CCN(Cc1cccc(C)n1)c1ccnc(C(N)=S)c1. The van der Waals surface area contributed by atoms with Crippen LogP contribution < -0.4 is 10.6 Å². The van der Waals surface area contributed by atoms with Gasteiger partial charge in [0.15, 0.2) is 0 Å². The van der Waals surface area contributed by atoms with E-state index in [0.717, 1.165) is 30.2 Å². The molecule has 2 aromatic rings. The summed E-state index contributed by atoms with van der Waals surface area (Å²) in [6.45, 7) is 5.73. The van der Waals surface area contributed by atoms with Crippen LogP contribution in [0.1, 0.15) is 24.0 Å². The molecule has 0 saturated carbocycles. The first-order chi connectivity index (χ1) is 9.60. The lowest BCUT2D eigenvalue weighted by Gasteiger charge is -2.23. The molecule has 0 aliphatic carbocycles. The zero-order valence-corrected chi connectivity index (χ0v) is 12.5. The lowest BCUT2D eigenvalue weighted by Crippen LogP contribution is -2.23. The Hall–Kier alpha value is -2.01. The molecule has 0 unspecified atom stereocenters. The van der Waals surface area contributed by atoms with Crippen LogP contribution in [0.25, 0.3) is 0 Å². The van der Waals surface area contributed by atoms with Gasteiger partial charge in [0.1, 0.15) is 4.99 Å². The molecule has 4 nitrogen and oxygen atoms in total. The van der Waals surface area contributed by atoms with Gasteiger partial charge in [-0.3, -0.25) is 9.97 Å². The van der Waals surface area contributed by atoms with Crippen LogP contribution in [0, 0.1) is 6.92 Å². The number of hydrogen-bond acceptors (Lipinski definition) is 4. The molecule has 0 saturated heterocycles. The quantitative estimate of drug-likeness (QED) is 0.856. The Bertz CT molecular complexity index is 612. The van der Waals surface area contributed by atoms with Crippen molar-refractivity contribution in [2.45, 2.75) is 20.4 Å². The van der Waals surface area contributed by atoms with Gasteiger partial charge in [-0.1, -0.05) is 18.3 Å². The maximum atomic E-state index is 5.63. The van der Waals surface area contributed by atoms with Crippen LogP contribution in [0.5, 0.6) is 0 Å². The number of hydrogen-bond donors (Lipinski definition) is 1. The second-order valence-corrected chi connectivity index (χ2v) is 4.99. The molecule has 2 aromatic heterocycles. The van der Waals surface area contributed by atoms with Crippen LogP contribution in [0.2, 0.25) is 0 Å². The van der Waals surface area contributed by atoms with E-state index >= 15 is 0 Å². The van der Waals surface area contributed by atoms with E-state index in [4.69, 9.17) is 18.0 Å². The van der Waals surface area contributed by atoms with Crippen LogP contribution >= 0.6 is 12.2 Å². The third kappa shape index (κ3) is 3.51. The van der Waals surface area contributed by atoms with E-state index in [0.29, 0.717) is 10.7 Å². The van der Waals surface area contributed by atoms with E-state index in [-0.39, 0.29) is 0 Å². The highest BCUT2D eigenvalue weighted by Gasteiger charge is 2.08. The van der Waals surface area contributed by atoms with Gasteiger partial charge in [-0.15, -0.1) is 0 Å². The van der Waals surface area contributed by atoms with Gasteiger partial charge in [-0.25, -0.2) is 0 Å². The number of anilines is 1. The number of rotatable bonds is 5. The molecule has 0 radical (unpaired) electrons. The predicted molar refractivity (Wildman–Crippen MR) is 85.8 cm³/mol. The molecular formula is C15H18N4S. The monoisotopic (exact) mass is 286 g/mol. The van der Waals surface area contributed by atoms with E-state index in [1.165, 1.54) is 0 Å². The summed E-state index contributed by atoms with van der Waals surface area (Å²) in [6.07, 6.45) is 1.73. The Labute approximate surface area is 124 Å². The van der Waals surface area contributed by atoms with E-state index in [1.807, 2.05) is 37.3 Å². The summed E-state index contributed by atoms with van der Waals surface area (Å²) < 4.78 is 0. The Balaban J connectivity index is 2.24. The van der Waals surface area contributed by atoms with Crippen LogP contribution in [-0.2, 0) is 6.54 Å². The molecule has 104 valence electrons. The minimum absolute atomic E-state index is 0.316. The van der Waals surface area contributed by atoms with Crippen LogP contribution in [0.4, 0.5) is 5.69 Å². The first-order valence-corrected chi connectivity index (χ1v) is 6.94. The first kappa shape index (κ1) is 14.4. The van der Waals surface area contributed by atoms with Crippen LogP contribution in [-0.4, -0.2) is 21.5 Å². The van der Waals surface area contributed by atoms with E-state index in [2.05, 4.69) is 21.8 Å². The standard InChI is InChI=1S/C15H18N4S/c1-3-19(10-12-6-4-5-11(2)18-12)13-7-8-17-14(9-13)15(16)20/h4-9H,3,10H2,1-2H3,(H2,16,20). The number of thiocarbonyl (C=S) groups is 1. The van der Waals surface area contributed by atoms with Gasteiger partial charge in [0.05, 0.1) is 17.9 Å². The second kappa shape index (κ2) is 6.43. The van der Waals surface area contributed by atoms with E-state index in [9.17, 15) is 0 Å². The maximum absolute atomic E-state index is 5.63. The minimum atomic E-state index is 0.316. The lowest BCUT2D eigenvalue weighted by atomic mass is 10.2. The van der Waals surface area contributed by atoms with E-state index < -0.39 is 0 Å². The molecule has 0 aliphatic heterocycles. The molecule has 0 spiro atoms. The molecule has 0 amide bonds. The van der Waals surface area contributed by atoms with Gasteiger partial charge in [0.2, 0.25) is 0 Å². The summed E-state index contributed by atoms with van der Waals surface area (Å²) in [5, 5.41) is 0. The second-order valence-electron chi connectivity index (χ2n) is 4.55. The average molecular weight is 286 g/mol. The minimum Gasteiger partial charge on any atom is -0.388 e. The van der Waals surface area contributed by atoms with Gasteiger partial charge < -0.3 is 10.6 Å². The van der Waals surface area contributed by atoms with Crippen molar-refractivity contribution in [3.8, 4) is 0 Å². The van der Waals surface area contributed by atoms with Crippen molar-refractivity contribution >= 4 is 22.9 Å². The lowest BCUT2D eigenvalue weighted by molar-refractivity contribution is 0.804. The Morgan fingerprint density at radius 1 is 1.35 bits per heavy atom. The molecular weight excluding hydrogens is 268 g/mol. The molecule has 0 aromatic carbocycles. The number of pyridine rings is 2. The highest BCUT2D eigenvalue weighted by atomic mass is 32.1. The first-order valence-electron chi connectivity index (χ1n) is 6.53. The van der Waals surface area contributed by atoms with E-state index in [1.54, 1.807) is 6.20 Å². The summed E-state index contributed by atoms with van der Waals surface area (Å²) in [6, 6.07) is 9.93. The fourth-order valence-corrected chi connectivity index (χ4v) is 2.13. The van der Waals surface area contributed by atoms with Gasteiger partial charge in [0, 0.05) is 24.1 Å². The smallest absolute Gasteiger partial charge is 0.122 e. The fraction of sp³-hybridized carbons (Fsp3) is 0.267. The molecule has 2 heterocycles. The number of aryl methyl sites for hydroxylation is 1. The topological polar surface area (TPSA) is 55.0 Å². The highest BCUT2D eigenvalue weighted by Crippen LogP contribution is 2.17. The zero-order valence-electron chi connectivity index (χ0n) is 11.7. The summed E-state index contributed by atoms with van der Waals surface area (Å²) in [4.78, 5) is 11.2. The molecule has 2 rings (SSSR count). The van der Waals surface area contributed by atoms with Gasteiger partial charge in [-0.2, -0.15) is 0 Å². The summed E-state index contributed by atoms with van der Waals surface area (Å²) in [7, 11) is 0. The normalized spacial score (nSPS) is 10.3. The van der Waals surface area contributed by atoms with Gasteiger partial charge in [0.25, 0.3) is 0 Å². The predicted octanol–water partition coefficient (Wildman–Crippen LogP) is 2.45. The Morgan fingerprint density at radius 3 is 2.80 bits per heavy atom. The number of aromatic nitrogens is 2. The molecule has 5 heteroatoms. The van der Waals surface area contributed by atoms with Crippen LogP contribution in [0.15, 0.2) is 36.5 Å². The summed E-state index contributed by atoms with van der Waals surface area (Å²) in [5.41, 5.74) is 9.40. The Morgan fingerprint density at radius 2 is 2.15 bits per heavy atom. The molecule has 0 bridgehead atoms. The van der Waals surface area contributed by atoms with Crippen molar-refractivity contribution in [1.82, 2.24) is 9.97 Å². The highest BCUT2D eigenvalue weighted by molar-refractivity contribution is 7.80.